The number of hydrogen-bond acceptors (Lipinski definition) is 3. The summed E-state index contributed by atoms with van der Waals surface area (Å²) in [5.74, 6) is 3.25. The van der Waals surface area contributed by atoms with Gasteiger partial charge in [-0.05, 0) is 31.4 Å². The highest BCUT2D eigenvalue weighted by Crippen LogP contribution is 2.23. The van der Waals surface area contributed by atoms with Crippen LogP contribution in [0.3, 0.4) is 0 Å². The Bertz CT molecular complexity index is 288. The Morgan fingerprint density at radius 1 is 1.21 bits per heavy atom. The largest absolute Gasteiger partial charge is 0.341 e. The van der Waals surface area contributed by atoms with Crippen LogP contribution in [0, 0.1) is 5.92 Å². The fraction of sp³-hybridized carbons (Fsp3) is 0.933. The van der Waals surface area contributed by atoms with Crippen molar-refractivity contribution in [3.8, 4) is 0 Å². The number of thioether (sulfide) groups is 1. The second kappa shape index (κ2) is 7.53. The molecule has 0 spiro atoms. The van der Waals surface area contributed by atoms with Crippen LogP contribution >= 0.6 is 11.8 Å². The second-order valence-corrected chi connectivity index (χ2v) is 6.90. The van der Waals surface area contributed by atoms with Crippen molar-refractivity contribution in [2.24, 2.45) is 5.92 Å². The van der Waals surface area contributed by atoms with Gasteiger partial charge in [-0.15, -0.1) is 0 Å². The summed E-state index contributed by atoms with van der Waals surface area (Å²) in [6.45, 7) is 8.43. The molecule has 2 saturated heterocycles. The Morgan fingerprint density at radius 3 is 2.63 bits per heavy atom. The average Bonchev–Trinajstić information content (AvgIpc) is 2.84. The molecule has 0 aromatic rings. The molecule has 0 aromatic carbocycles. The van der Waals surface area contributed by atoms with Crippen molar-refractivity contribution < 1.29 is 4.79 Å². The molecule has 0 N–H and O–H groups in total. The molecule has 1 unspecified atom stereocenters. The molecular formula is C15H28N2OS. The summed E-state index contributed by atoms with van der Waals surface area (Å²) in [6, 6.07) is 0.771. The van der Waals surface area contributed by atoms with Crippen molar-refractivity contribution in [3.05, 3.63) is 0 Å². The normalized spacial score (nSPS) is 25.8. The summed E-state index contributed by atoms with van der Waals surface area (Å²) in [4.78, 5) is 17.2. The first-order valence-electron chi connectivity index (χ1n) is 7.86. The van der Waals surface area contributed by atoms with Crippen molar-refractivity contribution in [3.63, 3.8) is 0 Å². The second-order valence-electron chi connectivity index (χ2n) is 5.75. The van der Waals surface area contributed by atoms with E-state index in [1.165, 1.54) is 24.5 Å². The van der Waals surface area contributed by atoms with E-state index in [0.29, 0.717) is 5.91 Å². The minimum Gasteiger partial charge on any atom is -0.341 e. The predicted octanol–water partition coefficient (Wildman–Crippen LogP) is 2.46. The molecule has 2 heterocycles. The van der Waals surface area contributed by atoms with Gasteiger partial charge in [0.05, 0.1) is 0 Å². The zero-order chi connectivity index (χ0) is 13.7. The van der Waals surface area contributed by atoms with Crippen molar-refractivity contribution in [1.29, 1.82) is 0 Å². The lowest BCUT2D eigenvalue weighted by Gasteiger charge is -2.27. The van der Waals surface area contributed by atoms with E-state index in [1.807, 2.05) is 0 Å². The Balaban J connectivity index is 1.87. The molecular weight excluding hydrogens is 256 g/mol. The highest BCUT2D eigenvalue weighted by atomic mass is 32.2. The first-order chi connectivity index (χ1) is 9.26. The van der Waals surface area contributed by atoms with E-state index in [0.717, 1.165) is 44.9 Å². The fourth-order valence-corrected chi connectivity index (χ4v) is 4.48. The van der Waals surface area contributed by atoms with Gasteiger partial charge in [-0.2, -0.15) is 11.8 Å². The lowest BCUT2D eigenvalue weighted by molar-refractivity contribution is -0.135. The average molecular weight is 284 g/mol. The molecule has 3 nitrogen and oxygen atoms in total. The molecule has 110 valence electrons. The maximum absolute atomic E-state index is 12.4. The van der Waals surface area contributed by atoms with Crippen LogP contribution < -0.4 is 0 Å². The van der Waals surface area contributed by atoms with E-state index < -0.39 is 0 Å². The Kier molecular flexibility index (Phi) is 6.02. The van der Waals surface area contributed by atoms with E-state index in [-0.39, 0.29) is 5.92 Å². The molecule has 0 aromatic heterocycles. The number of carbonyl (C=O) groups excluding carboxylic acids is 1. The number of rotatable bonds is 4. The molecule has 2 aliphatic heterocycles. The maximum Gasteiger partial charge on any atom is 0.225 e. The molecule has 0 radical (unpaired) electrons. The van der Waals surface area contributed by atoms with E-state index >= 15 is 0 Å². The summed E-state index contributed by atoms with van der Waals surface area (Å²) in [5, 5.41) is 0. The predicted molar refractivity (Wildman–Crippen MR) is 82.6 cm³/mol. The summed E-state index contributed by atoms with van der Waals surface area (Å²) in [6.07, 6.45) is 4.45. The van der Waals surface area contributed by atoms with Gasteiger partial charge in [0, 0.05) is 43.9 Å². The molecule has 0 saturated carbocycles. The molecule has 1 atom stereocenters. The molecule has 1 amide bonds. The van der Waals surface area contributed by atoms with Gasteiger partial charge in [-0.3, -0.25) is 9.69 Å². The standard InChI is InChI=1S/C15H28N2OS/c1-3-13(4-2)15(18)17-8-5-7-16(9-10-17)14-6-11-19-12-14/h13-14H,3-12H2,1-2H3. The summed E-state index contributed by atoms with van der Waals surface area (Å²) in [5.41, 5.74) is 0. The smallest absolute Gasteiger partial charge is 0.225 e. The van der Waals surface area contributed by atoms with Crippen LogP contribution in [0.25, 0.3) is 0 Å². The van der Waals surface area contributed by atoms with E-state index in [4.69, 9.17) is 0 Å². The summed E-state index contributed by atoms with van der Waals surface area (Å²) in [7, 11) is 0. The topological polar surface area (TPSA) is 23.6 Å². The van der Waals surface area contributed by atoms with Gasteiger partial charge in [-0.25, -0.2) is 0 Å². The lowest BCUT2D eigenvalue weighted by Crippen LogP contribution is -2.41. The molecule has 0 aliphatic carbocycles. The van der Waals surface area contributed by atoms with Crippen molar-refractivity contribution in [2.75, 3.05) is 37.7 Å². The van der Waals surface area contributed by atoms with Crippen LogP contribution in [0.5, 0.6) is 0 Å². The van der Waals surface area contributed by atoms with E-state index in [2.05, 4.69) is 35.4 Å². The Morgan fingerprint density at radius 2 is 2.00 bits per heavy atom. The van der Waals surface area contributed by atoms with Gasteiger partial charge >= 0.3 is 0 Å². The van der Waals surface area contributed by atoms with Gasteiger partial charge in [0.2, 0.25) is 5.91 Å². The quantitative estimate of drug-likeness (QED) is 0.792. The van der Waals surface area contributed by atoms with Crippen LogP contribution in [0.15, 0.2) is 0 Å². The van der Waals surface area contributed by atoms with Gasteiger partial charge < -0.3 is 4.90 Å². The number of nitrogens with zero attached hydrogens (tertiary/aromatic N) is 2. The molecule has 2 aliphatic rings. The number of carbonyl (C=O) groups is 1. The van der Waals surface area contributed by atoms with Crippen LogP contribution in [0.2, 0.25) is 0 Å². The Hall–Kier alpha value is -0.220. The maximum atomic E-state index is 12.4. The van der Waals surface area contributed by atoms with Crippen LogP contribution in [-0.2, 0) is 4.79 Å². The van der Waals surface area contributed by atoms with Crippen molar-refractivity contribution in [1.82, 2.24) is 9.80 Å². The lowest BCUT2D eigenvalue weighted by atomic mass is 10.0. The SMILES string of the molecule is CCC(CC)C(=O)N1CCCN(C2CCSC2)CC1. The van der Waals surface area contributed by atoms with E-state index in [1.54, 1.807) is 0 Å². The van der Waals surface area contributed by atoms with Gasteiger partial charge in [0.1, 0.15) is 0 Å². The molecule has 2 fully saturated rings. The third kappa shape index (κ3) is 3.88. The third-order valence-electron chi connectivity index (χ3n) is 4.60. The van der Waals surface area contributed by atoms with Crippen molar-refractivity contribution in [2.45, 2.75) is 45.6 Å². The zero-order valence-electron chi connectivity index (χ0n) is 12.4. The monoisotopic (exact) mass is 284 g/mol. The highest BCUT2D eigenvalue weighted by Gasteiger charge is 2.28. The molecule has 0 bridgehead atoms. The number of amides is 1. The zero-order valence-corrected chi connectivity index (χ0v) is 13.3. The Labute approximate surface area is 122 Å². The van der Waals surface area contributed by atoms with Crippen molar-refractivity contribution >= 4 is 17.7 Å². The molecule has 19 heavy (non-hydrogen) atoms. The summed E-state index contributed by atoms with van der Waals surface area (Å²) >= 11 is 2.08. The van der Waals surface area contributed by atoms with Crippen LogP contribution in [0.1, 0.15) is 39.5 Å². The minimum absolute atomic E-state index is 0.244. The minimum atomic E-state index is 0.244. The fourth-order valence-electron chi connectivity index (χ4n) is 3.23. The summed E-state index contributed by atoms with van der Waals surface area (Å²) < 4.78 is 0. The van der Waals surface area contributed by atoms with Gasteiger partial charge in [-0.1, -0.05) is 13.8 Å². The van der Waals surface area contributed by atoms with E-state index in [9.17, 15) is 4.79 Å². The van der Waals surface area contributed by atoms with Gasteiger partial charge in [0.15, 0.2) is 0 Å². The van der Waals surface area contributed by atoms with Gasteiger partial charge in [0.25, 0.3) is 0 Å². The third-order valence-corrected chi connectivity index (χ3v) is 5.74. The number of hydrogen-bond donors (Lipinski definition) is 0. The highest BCUT2D eigenvalue weighted by molar-refractivity contribution is 7.99. The molecule has 4 heteroatoms. The van der Waals surface area contributed by atoms with Crippen LogP contribution in [0.4, 0.5) is 0 Å². The first-order valence-corrected chi connectivity index (χ1v) is 9.02. The first kappa shape index (κ1) is 15.2. The molecule has 2 rings (SSSR count). The van der Waals surface area contributed by atoms with Crippen LogP contribution in [-0.4, -0.2) is 59.4 Å².